The van der Waals surface area contributed by atoms with E-state index in [9.17, 15) is 4.79 Å². The lowest BCUT2D eigenvalue weighted by atomic mass is 10.1. The Balaban J connectivity index is 2.58. The summed E-state index contributed by atoms with van der Waals surface area (Å²) in [5, 5.41) is 1.17. The number of nitrogens with two attached hydrogens (primary N) is 1. The van der Waals surface area contributed by atoms with Crippen molar-refractivity contribution in [3.63, 3.8) is 0 Å². The molecule has 1 heterocycles. The van der Waals surface area contributed by atoms with Gasteiger partial charge in [0.2, 0.25) is 5.91 Å². The predicted molar refractivity (Wildman–Crippen MR) is 65.5 cm³/mol. The van der Waals surface area contributed by atoms with Crippen LogP contribution in [-0.2, 0) is 6.42 Å². The molecule has 0 radical (unpaired) electrons. The quantitative estimate of drug-likeness (QED) is 0.813. The molecule has 1 aromatic heterocycles. The molecule has 0 atom stereocenters. The van der Waals surface area contributed by atoms with Gasteiger partial charge in [0.15, 0.2) is 0 Å². The lowest BCUT2D eigenvalue weighted by Crippen LogP contribution is -2.10. The zero-order chi connectivity index (χ0) is 11.7. The van der Waals surface area contributed by atoms with Crippen molar-refractivity contribution in [2.45, 2.75) is 26.7 Å². The first-order valence-corrected chi connectivity index (χ1v) is 5.54. The second-order valence-electron chi connectivity index (χ2n) is 4.10. The van der Waals surface area contributed by atoms with Gasteiger partial charge in [0.1, 0.15) is 0 Å². The van der Waals surface area contributed by atoms with Gasteiger partial charge >= 0.3 is 0 Å². The summed E-state index contributed by atoms with van der Waals surface area (Å²) in [6.07, 6.45) is 2.14. The van der Waals surface area contributed by atoms with Crippen LogP contribution in [0.4, 0.5) is 0 Å². The minimum Gasteiger partial charge on any atom is -0.366 e. The molecule has 0 aliphatic rings. The van der Waals surface area contributed by atoms with Gasteiger partial charge in [-0.1, -0.05) is 19.4 Å². The van der Waals surface area contributed by atoms with Crippen molar-refractivity contribution < 1.29 is 4.79 Å². The first-order valence-electron chi connectivity index (χ1n) is 5.54. The van der Waals surface area contributed by atoms with Crippen LogP contribution in [0.1, 0.15) is 35.0 Å². The average Bonchev–Trinajstić information content (AvgIpc) is 2.56. The third-order valence-electron chi connectivity index (χ3n) is 2.95. The number of H-pyrrole nitrogens is 1. The van der Waals surface area contributed by atoms with Gasteiger partial charge in [-0.2, -0.15) is 0 Å². The van der Waals surface area contributed by atoms with Gasteiger partial charge in [0, 0.05) is 22.2 Å². The summed E-state index contributed by atoms with van der Waals surface area (Å²) in [7, 11) is 0. The van der Waals surface area contributed by atoms with Crippen LogP contribution in [-0.4, -0.2) is 10.9 Å². The molecule has 3 heteroatoms. The van der Waals surface area contributed by atoms with E-state index < -0.39 is 0 Å². The molecule has 1 amide bonds. The topological polar surface area (TPSA) is 58.9 Å². The fourth-order valence-corrected chi connectivity index (χ4v) is 2.05. The van der Waals surface area contributed by atoms with Crippen molar-refractivity contribution >= 4 is 16.8 Å². The number of benzene rings is 1. The Hall–Kier alpha value is -1.77. The van der Waals surface area contributed by atoms with Gasteiger partial charge in [-0.15, -0.1) is 0 Å². The molecule has 0 bridgehead atoms. The molecule has 3 nitrogen and oxygen atoms in total. The van der Waals surface area contributed by atoms with E-state index in [1.165, 1.54) is 16.6 Å². The molecule has 3 N–H and O–H groups in total. The largest absolute Gasteiger partial charge is 0.366 e. The fourth-order valence-electron chi connectivity index (χ4n) is 2.05. The van der Waals surface area contributed by atoms with E-state index in [1.807, 2.05) is 12.1 Å². The zero-order valence-corrected chi connectivity index (χ0v) is 9.63. The monoisotopic (exact) mass is 216 g/mol. The summed E-state index contributed by atoms with van der Waals surface area (Å²) in [6.45, 7) is 4.26. The maximum atomic E-state index is 11.1. The number of carbonyl (C=O) groups is 1. The summed E-state index contributed by atoms with van der Waals surface area (Å²) in [4.78, 5) is 14.4. The highest BCUT2D eigenvalue weighted by atomic mass is 16.1. The molecule has 0 aliphatic carbocycles. The molecule has 0 unspecified atom stereocenters. The van der Waals surface area contributed by atoms with E-state index in [-0.39, 0.29) is 5.91 Å². The van der Waals surface area contributed by atoms with Crippen LogP contribution in [0.15, 0.2) is 18.2 Å². The number of carbonyl (C=O) groups excluding carboxylic acids is 1. The predicted octanol–water partition coefficient (Wildman–Crippen LogP) is 2.53. The Bertz CT molecular complexity index is 540. The normalized spacial score (nSPS) is 10.9. The molecular formula is C13H16N2O. The van der Waals surface area contributed by atoms with E-state index in [0.29, 0.717) is 5.56 Å². The van der Waals surface area contributed by atoms with Crippen molar-refractivity contribution in [3.8, 4) is 0 Å². The number of amides is 1. The number of rotatable bonds is 3. The van der Waals surface area contributed by atoms with Crippen LogP contribution >= 0.6 is 0 Å². The van der Waals surface area contributed by atoms with E-state index in [2.05, 4.69) is 18.8 Å². The van der Waals surface area contributed by atoms with Crippen LogP contribution in [0.2, 0.25) is 0 Å². The molecular weight excluding hydrogens is 200 g/mol. The molecule has 0 spiro atoms. The number of hydrogen-bond acceptors (Lipinski definition) is 1. The Labute approximate surface area is 94.6 Å². The molecule has 0 saturated carbocycles. The first kappa shape index (κ1) is 10.7. The van der Waals surface area contributed by atoms with Crippen LogP contribution in [0.25, 0.3) is 10.9 Å². The number of aryl methyl sites for hydroxylation is 2. The zero-order valence-electron chi connectivity index (χ0n) is 9.63. The molecule has 0 saturated heterocycles. The van der Waals surface area contributed by atoms with Gasteiger partial charge in [0.25, 0.3) is 0 Å². The van der Waals surface area contributed by atoms with E-state index >= 15 is 0 Å². The van der Waals surface area contributed by atoms with Gasteiger partial charge in [0.05, 0.1) is 0 Å². The highest BCUT2D eigenvalue weighted by Gasteiger charge is 2.08. The molecule has 2 rings (SSSR count). The second kappa shape index (κ2) is 4.00. The number of nitrogens with one attached hydrogen (secondary N) is 1. The minimum absolute atomic E-state index is 0.383. The van der Waals surface area contributed by atoms with Crippen LogP contribution < -0.4 is 5.73 Å². The van der Waals surface area contributed by atoms with Crippen LogP contribution in [0, 0.1) is 6.92 Å². The summed E-state index contributed by atoms with van der Waals surface area (Å²) in [5.41, 5.74) is 9.33. The molecule has 84 valence electrons. The Morgan fingerprint density at radius 2 is 2.19 bits per heavy atom. The highest BCUT2D eigenvalue weighted by molar-refractivity contribution is 5.97. The van der Waals surface area contributed by atoms with Gasteiger partial charge in [-0.25, -0.2) is 0 Å². The van der Waals surface area contributed by atoms with Crippen molar-refractivity contribution in [1.82, 2.24) is 4.98 Å². The summed E-state index contributed by atoms with van der Waals surface area (Å²) < 4.78 is 0. The third-order valence-corrected chi connectivity index (χ3v) is 2.95. The summed E-state index contributed by atoms with van der Waals surface area (Å²) in [5.74, 6) is -0.383. The van der Waals surface area contributed by atoms with Crippen LogP contribution in [0.5, 0.6) is 0 Å². The fraction of sp³-hybridized carbons (Fsp3) is 0.308. The average molecular weight is 216 g/mol. The van der Waals surface area contributed by atoms with Crippen molar-refractivity contribution in [2.75, 3.05) is 0 Å². The summed E-state index contributed by atoms with van der Waals surface area (Å²) in [6, 6.07) is 5.56. The first-order chi connectivity index (χ1) is 7.63. The van der Waals surface area contributed by atoms with E-state index in [4.69, 9.17) is 5.73 Å². The number of primary amides is 1. The SMILES string of the molecule is CCCc1[nH]c2cc(C(N)=O)ccc2c1C. The lowest BCUT2D eigenvalue weighted by molar-refractivity contribution is 0.100. The smallest absolute Gasteiger partial charge is 0.248 e. The number of aromatic amines is 1. The van der Waals surface area contributed by atoms with Crippen molar-refractivity contribution in [3.05, 3.63) is 35.0 Å². The van der Waals surface area contributed by atoms with Crippen molar-refractivity contribution in [1.29, 1.82) is 0 Å². The van der Waals surface area contributed by atoms with E-state index in [0.717, 1.165) is 18.4 Å². The van der Waals surface area contributed by atoms with Crippen molar-refractivity contribution in [2.24, 2.45) is 5.73 Å². The Morgan fingerprint density at radius 3 is 2.81 bits per heavy atom. The molecule has 2 aromatic rings. The molecule has 0 fully saturated rings. The maximum Gasteiger partial charge on any atom is 0.248 e. The Morgan fingerprint density at radius 1 is 1.44 bits per heavy atom. The maximum absolute atomic E-state index is 11.1. The molecule has 0 aliphatic heterocycles. The third kappa shape index (κ3) is 1.69. The molecule has 1 aromatic carbocycles. The van der Waals surface area contributed by atoms with Gasteiger partial charge < -0.3 is 10.7 Å². The van der Waals surface area contributed by atoms with Crippen LogP contribution in [0.3, 0.4) is 0 Å². The number of fused-ring (bicyclic) bond motifs is 1. The second-order valence-corrected chi connectivity index (χ2v) is 4.10. The highest BCUT2D eigenvalue weighted by Crippen LogP contribution is 2.23. The number of aromatic nitrogens is 1. The summed E-state index contributed by atoms with van der Waals surface area (Å²) >= 11 is 0. The Kier molecular flexibility index (Phi) is 2.69. The lowest BCUT2D eigenvalue weighted by Gasteiger charge is -1.96. The van der Waals surface area contributed by atoms with Gasteiger partial charge in [-0.3, -0.25) is 4.79 Å². The molecule has 16 heavy (non-hydrogen) atoms. The number of hydrogen-bond donors (Lipinski definition) is 2. The minimum atomic E-state index is -0.383. The van der Waals surface area contributed by atoms with Gasteiger partial charge in [-0.05, 0) is 31.0 Å². The standard InChI is InChI=1S/C13H16N2O/c1-3-4-11-8(2)10-6-5-9(13(14)16)7-12(10)15-11/h5-7,15H,3-4H2,1-2H3,(H2,14,16). The van der Waals surface area contributed by atoms with E-state index in [1.54, 1.807) is 6.07 Å².